The Kier molecular flexibility index (Phi) is 12.0. The van der Waals surface area contributed by atoms with Crippen LogP contribution in [0.5, 0.6) is 5.75 Å². The number of ether oxygens (including phenoxy) is 2. The Morgan fingerprint density at radius 1 is 0.929 bits per heavy atom. The molecule has 0 spiro atoms. The number of amides is 1. The average molecular weight is 572 g/mol. The van der Waals surface area contributed by atoms with Crippen LogP contribution in [0.15, 0.2) is 78.9 Å². The second kappa shape index (κ2) is 15.9. The molecule has 1 fully saturated rings. The van der Waals surface area contributed by atoms with E-state index in [1.807, 2.05) is 53.4 Å². The predicted molar refractivity (Wildman–Crippen MR) is 169 cm³/mol. The van der Waals surface area contributed by atoms with Crippen LogP contribution in [0.3, 0.4) is 0 Å². The number of hydrogen-bond acceptors (Lipinski definition) is 4. The van der Waals surface area contributed by atoms with Gasteiger partial charge in [-0.05, 0) is 47.4 Å². The number of hydrogen-bond donors (Lipinski definition) is 1. The molecule has 1 amide bonds. The molecule has 0 aliphatic carbocycles. The number of piperidine rings is 1. The van der Waals surface area contributed by atoms with E-state index in [4.69, 9.17) is 9.47 Å². The van der Waals surface area contributed by atoms with Crippen molar-refractivity contribution in [1.29, 1.82) is 0 Å². The van der Waals surface area contributed by atoms with Gasteiger partial charge in [0.05, 0.1) is 31.8 Å². The van der Waals surface area contributed by atoms with E-state index in [1.165, 1.54) is 31.2 Å². The molecule has 1 aliphatic heterocycles. The van der Waals surface area contributed by atoms with Crippen molar-refractivity contribution in [3.8, 4) is 5.75 Å². The number of likely N-dealkylation sites (tertiary alicyclic amines) is 1. The predicted octanol–water partition coefficient (Wildman–Crippen LogP) is 8.14. The summed E-state index contributed by atoms with van der Waals surface area (Å²) in [5.74, 6) is 0.851. The lowest BCUT2D eigenvalue weighted by Crippen LogP contribution is -2.43. The lowest BCUT2D eigenvalue weighted by atomic mass is 9.79. The number of carbonyl (C=O) groups is 1. The summed E-state index contributed by atoms with van der Waals surface area (Å²) in [6, 6.07) is 26.5. The minimum absolute atomic E-state index is 0.00874. The topological polar surface area (TPSA) is 59.0 Å². The highest BCUT2D eigenvalue weighted by Gasteiger charge is 2.34. The van der Waals surface area contributed by atoms with E-state index >= 15 is 0 Å². The van der Waals surface area contributed by atoms with Crippen molar-refractivity contribution in [1.82, 2.24) is 4.90 Å². The van der Waals surface area contributed by atoms with Gasteiger partial charge < -0.3 is 19.5 Å². The van der Waals surface area contributed by atoms with Crippen molar-refractivity contribution in [2.45, 2.75) is 103 Å². The first-order chi connectivity index (χ1) is 20.4. The third-order valence-electron chi connectivity index (χ3n) is 8.51. The smallest absolute Gasteiger partial charge is 0.225 e. The number of unbranched alkanes of at least 4 members (excludes halogenated alkanes) is 3. The summed E-state index contributed by atoms with van der Waals surface area (Å²) in [6.07, 6.45) is 7.00. The molecule has 0 radical (unpaired) electrons. The number of nitrogens with zero attached hydrogens (tertiary/aromatic N) is 1. The molecular formula is C37H49NO4. The third kappa shape index (κ3) is 9.17. The zero-order chi connectivity index (χ0) is 29.8. The Hall–Kier alpha value is -3.15. The van der Waals surface area contributed by atoms with Gasteiger partial charge in [0.2, 0.25) is 5.91 Å². The minimum atomic E-state index is -0.454. The summed E-state index contributed by atoms with van der Waals surface area (Å²) in [5, 5.41) is 10.7. The highest BCUT2D eigenvalue weighted by Crippen LogP contribution is 2.40. The second-order valence-corrected chi connectivity index (χ2v) is 12.3. The van der Waals surface area contributed by atoms with Crippen LogP contribution < -0.4 is 4.74 Å². The van der Waals surface area contributed by atoms with Crippen LogP contribution in [0.1, 0.15) is 100 Å². The van der Waals surface area contributed by atoms with Gasteiger partial charge in [0.15, 0.2) is 0 Å². The summed E-state index contributed by atoms with van der Waals surface area (Å²) >= 11 is 0. The van der Waals surface area contributed by atoms with Gasteiger partial charge in [-0.3, -0.25) is 4.79 Å². The van der Waals surface area contributed by atoms with Gasteiger partial charge >= 0.3 is 0 Å². The summed E-state index contributed by atoms with van der Waals surface area (Å²) in [7, 11) is 0. The fourth-order valence-electron chi connectivity index (χ4n) is 5.84. The zero-order valence-electron chi connectivity index (χ0n) is 25.8. The molecule has 0 bridgehead atoms. The molecular weight excluding hydrogens is 522 g/mol. The van der Waals surface area contributed by atoms with E-state index in [1.54, 1.807) is 0 Å². The largest absolute Gasteiger partial charge is 0.489 e. The third-order valence-corrected chi connectivity index (χ3v) is 8.51. The minimum Gasteiger partial charge on any atom is -0.489 e. The van der Waals surface area contributed by atoms with E-state index in [0.29, 0.717) is 45.6 Å². The molecule has 4 rings (SSSR count). The van der Waals surface area contributed by atoms with Crippen LogP contribution in [0.2, 0.25) is 0 Å². The van der Waals surface area contributed by atoms with Gasteiger partial charge in [-0.15, -0.1) is 0 Å². The molecule has 42 heavy (non-hydrogen) atoms. The van der Waals surface area contributed by atoms with E-state index in [2.05, 4.69) is 51.1 Å². The van der Waals surface area contributed by atoms with E-state index in [0.717, 1.165) is 28.9 Å². The van der Waals surface area contributed by atoms with Gasteiger partial charge in [0.25, 0.3) is 0 Å². The standard InChI is InChI=1S/C37H49NO4/c1-4-5-6-13-22-37(2,3)31-18-19-33(35(25-31)42-28-30-16-11-8-12-17-30)34-26-32(39)20-23-38(34)36(40)21-24-41-27-29-14-9-7-10-15-29/h7-12,14-19,25,32,34,39H,4-6,13,20-24,26-28H2,1-3H3/t32-,34+/m0/s1. The Morgan fingerprint density at radius 3 is 2.31 bits per heavy atom. The molecule has 1 aliphatic rings. The molecule has 1 heterocycles. The molecule has 2 atom stereocenters. The van der Waals surface area contributed by atoms with Crippen LogP contribution in [0, 0.1) is 0 Å². The molecule has 1 N–H and O–H groups in total. The fraction of sp³-hybridized carbons (Fsp3) is 0.486. The summed E-state index contributed by atoms with van der Waals surface area (Å²) < 4.78 is 12.4. The average Bonchev–Trinajstić information content (AvgIpc) is 3.01. The first-order valence-electron chi connectivity index (χ1n) is 15.8. The highest BCUT2D eigenvalue weighted by molar-refractivity contribution is 5.77. The maximum atomic E-state index is 13.5. The molecule has 0 unspecified atom stereocenters. The van der Waals surface area contributed by atoms with Gasteiger partial charge in [0.1, 0.15) is 12.4 Å². The van der Waals surface area contributed by atoms with Crippen molar-refractivity contribution >= 4 is 5.91 Å². The van der Waals surface area contributed by atoms with Crippen LogP contribution >= 0.6 is 0 Å². The molecule has 0 saturated carbocycles. The molecule has 226 valence electrons. The SMILES string of the molecule is CCCCCCC(C)(C)c1ccc([C@H]2C[C@@H](O)CCN2C(=O)CCOCc2ccccc2)c(OCc2ccccc2)c1. The quantitative estimate of drug-likeness (QED) is 0.187. The molecule has 5 nitrogen and oxygen atoms in total. The summed E-state index contributed by atoms with van der Waals surface area (Å²) in [4.78, 5) is 15.4. The second-order valence-electron chi connectivity index (χ2n) is 12.3. The number of aliphatic hydroxyl groups excluding tert-OH is 1. The van der Waals surface area contributed by atoms with Crippen molar-refractivity contribution in [2.24, 2.45) is 0 Å². The molecule has 0 aromatic heterocycles. The van der Waals surface area contributed by atoms with Crippen molar-refractivity contribution in [3.05, 3.63) is 101 Å². The Labute approximate surface area is 252 Å². The normalized spacial score (nSPS) is 17.3. The van der Waals surface area contributed by atoms with Crippen LogP contribution in [0.25, 0.3) is 0 Å². The number of rotatable bonds is 15. The fourth-order valence-corrected chi connectivity index (χ4v) is 5.84. The Bertz CT molecular complexity index is 1230. The van der Waals surface area contributed by atoms with Crippen molar-refractivity contribution in [3.63, 3.8) is 0 Å². The lowest BCUT2D eigenvalue weighted by Gasteiger charge is -2.39. The lowest BCUT2D eigenvalue weighted by molar-refractivity contribution is -0.138. The van der Waals surface area contributed by atoms with E-state index in [9.17, 15) is 9.90 Å². The van der Waals surface area contributed by atoms with Gasteiger partial charge in [0, 0.05) is 12.1 Å². The maximum Gasteiger partial charge on any atom is 0.225 e. The number of benzene rings is 3. The first-order valence-corrected chi connectivity index (χ1v) is 15.8. The van der Waals surface area contributed by atoms with E-state index in [-0.39, 0.29) is 17.4 Å². The monoisotopic (exact) mass is 571 g/mol. The van der Waals surface area contributed by atoms with Crippen molar-refractivity contribution in [2.75, 3.05) is 13.2 Å². The molecule has 5 heteroatoms. The van der Waals surface area contributed by atoms with Crippen LogP contribution in [-0.2, 0) is 28.2 Å². The number of aliphatic hydroxyl groups is 1. The Balaban J connectivity index is 1.53. The molecule has 3 aromatic carbocycles. The van der Waals surface area contributed by atoms with Gasteiger partial charge in [-0.2, -0.15) is 0 Å². The first kappa shape index (κ1) is 31.8. The van der Waals surface area contributed by atoms with Crippen LogP contribution in [0.4, 0.5) is 0 Å². The summed E-state index contributed by atoms with van der Waals surface area (Å²) in [6.45, 7) is 8.69. The Morgan fingerprint density at radius 2 is 1.62 bits per heavy atom. The maximum absolute atomic E-state index is 13.5. The van der Waals surface area contributed by atoms with E-state index < -0.39 is 6.10 Å². The molecule has 1 saturated heterocycles. The highest BCUT2D eigenvalue weighted by atomic mass is 16.5. The van der Waals surface area contributed by atoms with Crippen molar-refractivity contribution < 1.29 is 19.4 Å². The number of carbonyl (C=O) groups excluding carboxylic acids is 1. The van der Waals surface area contributed by atoms with Gasteiger partial charge in [-0.1, -0.05) is 119 Å². The zero-order valence-corrected chi connectivity index (χ0v) is 25.8. The summed E-state index contributed by atoms with van der Waals surface area (Å²) in [5.41, 5.74) is 4.41. The van der Waals surface area contributed by atoms with Gasteiger partial charge in [-0.25, -0.2) is 0 Å². The molecule has 3 aromatic rings. The van der Waals surface area contributed by atoms with Crippen LogP contribution in [-0.4, -0.2) is 35.2 Å².